The Morgan fingerprint density at radius 3 is 3.21 bits per heavy atom. The summed E-state index contributed by atoms with van der Waals surface area (Å²) < 4.78 is 5.33. The van der Waals surface area contributed by atoms with Crippen LogP contribution in [0.5, 0.6) is 0 Å². The Hall–Kier alpha value is -0.800. The Morgan fingerprint density at radius 2 is 2.50 bits per heavy atom. The third kappa shape index (κ3) is 1.99. The third-order valence-electron chi connectivity index (χ3n) is 2.64. The molecule has 1 radical (unpaired) electrons. The van der Waals surface area contributed by atoms with Gasteiger partial charge in [0.1, 0.15) is 0 Å². The highest BCUT2D eigenvalue weighted by Crippen LogP contribution is 2.18. The van der Waals surface area contributed by atoms with Crippen molar-refractivity contribution in [3.05, 3.63) is 30.3 Å². The van der Waals surface area contributed by atoms with Crippen LogP contribution in [0.3, 0.4) is 0 Å². The number of nitrogens with zero attached hydrogens (tertiary/aromatic N) is 1. The molecule has 0 bridgehead atoms. The molecule has 0 saturated carbocycles. The molecule has 1 unspecified atom stereocenters. The lowest BCUT2D eigenvalue weighted by atomic mass is 10.1. The largest absolute Gasteiger partial charge is 0.394 e. The van der Waals surface area contributed by atoms with Gasteiger partial charge in [-0.1, -0.05) is 12.2 Å². The van der Waals surface area contributed by atoms with Crippen molar-refractivity contribution in [1.29, 1.82) is 0 Å². The molecule has 1 N–H and O–H groups in total. The number of morpholine rings is 1. The Labute approximate surface area is 84.7 Å². The minimum absolute atomic E-state index is 0.123. The molecule has 2 rings (SSSR count). The second kappa shape index (κ2) is 4.62. The van der Waals surface area contributed by atoms with Gasteiger partial charge in [0.25, 0.3) is 0 Å². The predicted octanol–water partition coefficient (Wildman–Crippen LogP) is 0.728. The molecule has 1 aliphatic heterocycles. The highest BCUT2D eigenvalue weighted by molar-refractivity contribution is 5.26. The van der Waals surface area contributed by atoms with E-state index in [0.29, 0.717) is 6.61 Å². The molecule has 1 fully saturated rings. The molecule has 77 valence electrons. The van der Waals surface area contributed by atoms with Gasteiger partial charge in [0.15, 0.2) is 0 Å². The standard InChI is InChI=1S/C11H16NO2/c13-8-11-9-14-7-6-12(11)10-4-2-1-3-5-10/h1-2,4-5,11,13H,3,6-9H2. The summed E-state index contributed by atoms with van der Waals surface area (Å²) >= 11 is 0. The van der Waals surface area contributed by atoms with Crippen molar-refractivity contribution in [2.24, 2.45) is 0 Å². The number of hydrogen-bond acceptors (Lipinski definition) is 3. The second-order valence-corrected chi connectivity index (χ2v) is 3.56. The van der Waals surface area contributed by atoms with Crippen LogP contribution in [0.1, 0.15) is 6.42 Å². The first-order valence-electron chi connectivity index (χ1n) is 5.07. The molecule has 0 aromatic rings. The lowest BCUT2D eigenvalue weighted by molar-refractivity contribution is -0.00940. The Bertz CT molecular complexity index is 248. The number of hydrogen-bond donors (Lipinski definition) is 1. The Kier molecular flexibility index (Phi) is 3.22. The van der Waals surface area contributed by atoms with Gasteiger partial charge in [-0.25, -0.2) is 0 Å². The molecular formula is C11H16NO2. The molecule has 1 aliphatic carbocycles. The van der Waals surface area contributed by atoms with Crippen LogP contribution in [0.2, 0.25) is 0 Å². The van der Waals surface area contributed by atoms with Crippen LogP contribution in [-0.4, -0.2) is 42.4 Å². The smallest absolute Gasteiger partial charge is 0.0755 e. The van der Waals surface area contributed by atoms with Crippen LogP contribution in [-0.2, 0) is 4.74 Å². The average Bonchev–Trinajstić information content (AvgIpc) is 2.30. The first kappa shape index (κ1) is 9.74. The number of aliphatic hydroxyl groups is 1. The van der Waals surface area contributed by atoms with Gasteiger partial charge in [0, 0.05) is 12.2 Å². The summed E-state index contributed by atoms with van der Waals surface area (Å²) in [5, 5.41) is 9.21. The fourth-order valence-corrected chi connectivity index (χ4v) is 1.86. The van der Waals surface area contributed by atoms with Gasteiger partial charge in [0.05, 0.1) is 25.9 Å². The monoisotopic (exact) mass is 194 g/mol. The van der Waals surface area contributed by atoms with E-state index in [4.69, 9.17) is 4.74 Å². The number of rotatable bonds is 2. The topological polar surface area (TPSA) is 32.7 Å². The minimum atomic E-state index is 0.123. The lowest BCUT2D eigenvalue weighted by Gasteiger charge is -2.37. The Balaban J connectivity index is 2.06. The predicted molar refractivity (Wildman–Crippen MR) is 54.5 cm³/mol. The number of aliphatic hydroxyl groups excluding tert-OH is 1. The SMILES string of the molecule is OCC1COCCN1C1=CC[CH]C=C1. The maximum Gasteiger partial charge on any atom is 0.0755 e. The zero-order valence-corrected chi connectivity index (χ0v) is 8.22. The van der Waals surface area contributed by atoms with E-state index in [1.165, 1.54) is 5.70 Å². The highest BCUT2D eigenvalue weighted by atomic mass is 16.5. The summed E-state index contributed by atoms with van der Waals surface area (Å²) in [6, 6.07) is 0.123. The van der Waals surface area contributed by atoms with Crippen LogP contribution in [0.15, 0.2) is 23.9 Å². The van der Waals surface area contributed by atoms with Crippen molar-refractivity contribution in [1.82, 2.24) is 4.90 Å². The average molecular weight is 194 g/mol. The quantitative estimate of drug-likeness (QED) is 0.703. The van der Waals surface area contributed by atoms with Gasteiger partial charge >= 0.3 is 0 Å². The molecule has 3 heteroatoms. The first-order chi connectivity index (χ1) is 6.92. The van der Waals surface area contributed by atoms with Crippen molar-refractivity contribution in [3.8, 4) is 0 Å². The van der Waals surface area contributed by atoms with E-state index in [-0.39, 0.29) is 12.6 Å². The van der Waals surface area contributed by atoms with E-state index in [2.05, 4.69) is 29.5 Å². The Morgan fingerprint density at radius 1 is 1.57 bits per heavy atom. The fraction of sp³-hybridized carbons (Fsp3) is 0.545. The molecule has 0 spiro atoms. The zero-order chi connectivity index (χ0) is 9.80. The minimum Gasteiger partial charge on any atom is -0.394 e. The fourth-order valence-electron chi connectivity index (χ4n) is 1.86. The molecule has 1 atom stereocenters. The van der Waals surface area contributed by atoms with Crippen molar-refractivity contribution in [2.75, 3.05) is 26.4 Å². The molecule has 14 heavy (non-hydrogen) atoms. The first-order valence-corrected chi connectivity index (χ1v) is 5.07. The highest BCUT2D eigenvalue weighted by Gasteiger charge is 2.23. The normalized spacial score (nSPS) is 27.6. The number of ether oxygens (including phenoxy) is 1. The zero-order valence-electron chi connectivity index (χ0n) is 8.22. The maximum atomic E-state index is 9.21. The maximum absolute atomic E-state index is 9.21. The van der Waals surface area contributed by atoms with Crippen molar-refractivity contribution in [2.45, 2.75) is 12.5 Å². The summed E-state index contributed by atoms with van der Waals surface area (Å²) in [5.74, 6) is 0. The molecule has 1 saturated heterocycles. The summed E-state index contributed by atoms with van der Waals surface area (Å²) in [7, 11) is 0. The lowest BCUT2D eigenvalue weighted by Crippen LogP contribution is -2.46. The summed E-state index contributed by atoms with van der Waals surface area (Å²) in [4.78, 5) is 2.23. The molecule has 2 aliphatic rings. The summed E-state index contributed by atoms with van der Waals surface area (Å²) in [5.41, 5.74) is 1.22. The van der Waals surface area contributed by atoms with Crippen molar-refractivity contribution < 1.29 is 9.84 Å². The van der Waals surface area contributed by atoms with E-state index in [9.17, 15) is 5.11 Å². The number of allylic oxidation sites excluding steroid dienone is 3. The third-order valence-corrected chi connectivity index (χ3v) is 2.64. The van der Waals surface area contributed by atoms with Crippen LogP contribution in [0, 0.1) is 6.42 Å². The summed E-state index contributed by atoms with van der Waals surface area (Å²) in [6.45, 7) is 2.42. The molecule has 3 nitrogen and oxygen atoms in total. The van der Waals surface area contributed by atoms with E-state index in [1.807, 2.05) is 0 Å². The van der Waals surface area contributed by atoms with Gasteiger partial charge in [-0.3, -0.25) is 0 Å². The molecule has 0 aromatic heterocycles. The molecule has 0 aromatic carbocycles. The van der Waals surface area contributed by atoms with Crippen LogP contribution in [0.25, 0.3) is 0 Å². The van der Waals surface area contributed by atoms with E-state index in [0.717, 1.165) is 19.6 Å². The van der Waals surface area contributed by atoms with Gasteiger partial charge < -0.3 is 14.7 Å². The van der Waals surface area contributed by atoms with Crippen molar-refractivity contribution in [3.63, 3.8) is 0 Å². The van der Waals surface area contributed by atoms with E-state index < -0.39 is 0 Å². The van der Waals surface area contributed by atoms with Gasteiger partial charge in [-0.15, -0.1) is 0 Å². The molecular weight excluding hydrogens is 178 g/mol. The molecule has 0 amide bonds. The second-order valence-electron chi connectivity index (χ2n) is 3.56. The van der Waals surface area contributed by atoms with Gasteiger partial charge in [-0.05, 0) is 18.9 Å². The van der Waals surface area contributed by atoms with Crippen molar-refractivity contribution >= 4 is 0 Å². The van der Waals surface area contributed by atoms with Crippen LogP contribution in [0.4, 0.5) is 0 Å². The molecule has 1 heterocycles. The van der Waals surface area contributed by atoms with E-state index in [1.54, 1.807) is 0 Å². The van der Waals surface area contributed by atoms with E-state index >= 15 is 0 Å². The van der Waals surface area contributed by atoms with Crippen LogP contribution < -0.4 is 0 Å². The van der Waals surface area contributed by atoms with Gasteiger partial charge in [0.2, 0.25) is 0 Å². The van der Waals surface area contributed by atoms with Crippen LogP contribution >= 0.6 is 0 Å². The summed E-state index contributed by atoms with van der Waals surface area (Å²) in [6.07, 6.45) is 9.46. The van der Waals surface area contributed by atoms with Gasteiger partial charge in [-0.2, -0.15) is 0 Å².